The zero-order valence-electron chi connectivity index (χ0n) is 11.5. The predicted octanol–water partition coefficient (Wildman–Crippen LogP) is 4.15. The minimum absolute atomic E-state index is 0.377. The summed E-state index contributed by atoms with van der Waals surface area (Å²) < 4.78 is 0. The van der Waals surface area contributed by atoms with Crippen molar-refractivity contribution in [3.63, 3.8) is 0 Å². The fourth-order valence-electron chi connectivity index (χ4n) is 4.42. The van der Waals surface area contributed by atoms with Crippen molar-refractivity contribution in [2.24, 2.45) is 5.41 Å². The van der Waals surface area contributed by atoms with Gasteiger partial charge in [-0.05, 0) is 43.2 Å². The molecule has 2 aliphatic rings. The van der Waals surface area contributed by atoms with Crippen LogP contribution >= 0.6 is 11.6 Å². The van der Waals surface area contributed by atoms with E-state index in [1.807, 2.05) is 12.1 Å². The summed E-state index contributed by atoms with van der Waals surface area (Å²) in [6, 6.07) is 3.79. The average Bonchev–Trinajstić information content (AvgIpc) is 2.85. The zero-order chi connectivity index (χ0) is 13.8. The number of nitrogens with zero attached hydrogens (tertiary/aromatic N) is 1. The van der Waals surface area contributed by atoms with Crippen LogP contribution in [0.2, 0.25) is 5.02 Å². The van der Waals surface area contributed by atoms with Gasteiger partial charge in [-0.2, -0.15) is 5.10 Å². The number of hydrogen-bond donors (Lipinski definition) is 2. The van der Waals surface area contributed by atoms with Crippen molar-refractivity contribution in [2.75, 3.05) is 0 Å². The highest BCUT2D eigenvalue weighted by atomic mass is 35.5. The van der Waals surface area contributed by atoms with E-state index in [9.17, 15) is 5.11 Å². The van der Waals surface area contributed by atoms with Crippen LogP contribution in [0.1, 0.15) is 50.5 Å². The quantitative estimate of drug-likeness (QED) is 0.829. The second-order valence-electron chi connectivity index (χ2n) is 6.73. The highest BCUT2D eigenvalue weighted by molar-refractivity contribution is 6.31. The van der Waals surface area contributed by atoms with Gasteiger partial charge in [-0.15, -0.1) is 0 Å². The average molecular weight is 291 g/mol. The molecule has 2 saturated carbocycles. The molecule has 1 heterocycles. The highest BCUT2D eigenvalue weighted by Crippen LogP contribution is 2.61. The maximum Gasteiger partial charge on any atom is 0.0928 e. The maximum absolute atomic E-state index is 11.0. The standard InChI is InChI=1S/C16H19ClN2O/c17-12-6-11-8-18-19-14(11)13(7-12)16(20)9-15(10-16)4-2-1-3-5-15/h6-8,20H,1-5,9-10H2,(H,18,19). The summed E-state index contributed by atoms with van der Waals surface area (Å²) in [6.07, 6.45) is 10.0. The molecule has 1 spiro atoms. The van der Waals surface area contributed by atoms with Gasteiger partial charge in [0, 0.05) is 16.0 Å². The maximum atomic E-state index is 11.0. The Labute approximate surface area is 123 Å². The van der Waals surface area contributed by atoms with Crippen LogP contribution in [0.25, 0.3) is 10.9 Å². The fraction of sp³-hybridized carbons (Fsp3) is 0.562. The van der Waals surface area contributed by atoms with Gasteiger partial charge < -0.3 is 5.11 Å². The number of benzene rings is 1. The molecular formula is C16H19ClN2O. The summed E-state index contributed by atoms with van der Waals surface area (Å²) in [7, 11) is 0. The summed E-state index contributed by atoms with van der Waals surface area (Å²) in [5, 5.41) is 19.8. The lowest BCUT2D eigenvalue weighted by atomic mass is 9.52. The van der Waals surface area contributed by atoms with Crippen LogP contribution in [0.15, 0.2) is 18.3 Å². The number of fused-ring (bicyclic) bond motifs is 1. The molecule has 0 bridgehead atoms. The lowest BCUT2D eigenvalue weighted by molar-refractivity contribution is -0.148. The minimum atomic E-state index is -0.729. The Balaban J connectivity index is 1.71. The number of aliphatic hydroxyl groups is 1. The molecule has 4 rings (SSSR count). The first-order valence-electron chi connectivity index (χ1n) is 7.46. The van der Waals surface area contributed by atoms with Crippen molar-refractivity contribution in [3.8, 4) is 0 Å². The molecule has 0 unspecified atom stereocenters. The summed E-state index contributed by atoms with van der Waals surface area (Å²) in [6.45, 7) is 0. The van der Waals surface area contributed by atoms with Crippen LogP contribution in [0.5, 0.6) is 0 Å². The molecule has 0 atom stereocenters. The molecule has 1 aromatic heterocycles. The molecule has 0 saturated heterocycles. The van der Waals surface area contributed by atoms with Gasteiger partial charge in [0.15, 0.2) is 0 Å². The van der Waals surface area contributed by atoms with Crippen molar-refractivity contribution < 1.29 is 5.11 Å². The lowest BCUT2D eigenvalue weighted by Crippen LogP contribution is -2.50. The molecule has 2 N–H and O–H groups in total. The van der Waals surface area contributed by atoms with Gasteiger partial charge in [0.2, 0.25) is 0 Å². The van der Waals surface area contributed by atoms with E-state index >= 15 is 0 Å². The normalized spacial score (nSPS) is 23.9. The van der Waals surface area contributed by atoms with Gasteiger partial charge in [0.1, 0.15) is 0 Å². The van der Waals surface area contributed by atoms with Crippen LogP contribution in [0.4, 0.5) is 0 Å². The first-order chi connectivity index (χ1) is 9.60. The second kappa shape index (κ2) is 4.22. The molecule has 1 aromatic carbocycles. The molecule has 0 aliphatic heterocycles. The van der Waals surface area contributed by atoms with E-state index in [1.54, 1.807) is 6.20 Å². The van der Waals surface area contributed by atoms with E-state index in [4.69, 9.17) is 11.6 Å². The van der Waals surface area contributed by atoms with Crippen molar-refractivity contribution in [1.82, 2.24) is 10.2 Å². The first kappa shape index (κ1) is 12.7. The molecule has 106 valence electrons. The van der Waals surface area contributed by atoms with Crippen LogP contribution in [0.3, 0.4) is 0 Å². The van der Waals surface area contributed by atoms with Crippen molar-refractivity contribution in [2.45, 2.75) is 50.5 Å². The Bertz CT molecular complexity index is 650. The van der Waals surface area contributed by atoms with Crippen LogP contribution in [-0.2, 0) is 5.60 Å². The third-order valence-corrected chi connectivity index (χ3v) is 5.48. The molecule has 2 aromatic rings. The molecule has 20 heavy (non-hydrogen) atoms. The van der Waals surface area contributed by atoms with Gasteiger partial charge >= 0.3 is 0 Å². The third-order valence-electron chi connectivity index (χ3n) is 5.26. The van der Waals surface area contributed by atoms with Gasteiger partial charge in [-0.1, -0.05) is 30.9 Å². The van der Waals surface area contributed by atoms with Crippen molar-refractivity contribution in [3.05, 3.63) is 28.9 Å². The molecule has 0 radical (unpaired) electrons. The lowest BCUT2D eigenvalue weighted by Gasteiger charge is -2.55. The molecule has 2 aliphatic carbocycles. The van der Waals surface area contributed by atoms with E-state index < -0.39 is 5.60 Å². The first-order valence-corrected chi connectivity index (χ1v) is 7.84. The van der Waals surface area contributed by atoms with E-state index in [1.165, 1.54) is 32.1 Å². The summed E-state index contributed by atoms with van der Waals surface area (Å²) in [5.41, 5.74) is 1.51. The van der Waals surface area contributed by atoms with Gasteiger partial charge in [0.25, 0.3) is 0 Å². The van der Waals surface area contributed by atoms with Crippen molar-refractivity contribution in [1.29, 1.82) is 0 Å². The number of aromatic amines is 1. The Morgan fingerprint density at radius 1 is 1.15 bits per heavy atom. The molecule has 2 fully saturated rings. The summed E-state index contributed by atoms with van der Waals surface area (Å²) >= 11 is 6.19. The topological polar surface area (TPSA) is 48.9 Å². The smallest absolute Gasteiger partial charge is 0.0928 e. The zero-order valence-corrected chi connectivity index (χ0v) is 12.2. The van der Waals surface area contributed by atoms with E-state index in [0.717, 1.165) is 29.3 Å². The van der Waals surface area contributed by atoms with E-state index in [0.29, 0.717) is 10.4 Å². The van der Waals surface area contributed by atoms with Gasteiger partial charge in [-0.3, -0.25) is 5.10 Å². The summed E-state index contributed by atoms with van der Waals surface area (Å²) in [4.78, 5) is 0. The second-order valence-corrected chi connectivity index (χ2v) is 7.17. The van der Waals surface area contributed by atoms with Crippen LogP contribution in [-0.4, -0.2) is 15.3 Å². The highest BCUT2D eigenvalue weighted by Gasteiger charge is 2.54. The third kappa shape index (κ3) is 1.80. The predicted molar refractivity (Wildman–Crippen MR) is 79.8 cm³/mol. The number of hydrogen-bond acceptors (Lipinski definition) is 2. The minimum Gasteiger partial charge on any atom is -0.385 e. The Morgan fingerprint density at radius 2 is 1.90 bits per heavy atom. The number of H-pyrrole nitrogens is 1. The summed E-state index contributed by atoms with van der Waals surface area (Å²) in [5.74, 6) is 0. The molecular weight excluding hydrogens is 272 g/mol. The molecule has 4 heteroatoms. The van der Waals surface area contributed by atoms with E-state index in [2.05, 4.69) is 10.2 Å². The number of rotatable bonds is 1. The number of nitrogens with one attached hydrogen (secondary N) is 1. The van der Waals surface area contributed by atoms with Crippen LogP contribution in [0, 0.1) is 5.41 Å². The van der Waals surface area contributed by atoms with Crippen molar-refractivity contribution >= 4 is 22.5 Å². The van der Waals surface area contributed by atoms with Crippen LogP contribution < -0.4 is 0 Å². The van der Waals surface area contributed by atoms with Gasteiger partial charge in [-0.25, -0.2) is 0 Å². The van der Waals surface area contributed by atoms with E-state index in [-0.39, 0.29) is 0 Å². The van der Waals surface area contributed by atoms with Gasteiger partial charge in [0.05, 0.1) is 17.3 Å². The number of aromatic nitrogens is 2. The fourth-order valence-corrected chi connectivity index (χ4v) is 4.65. The monoisotopic (exact) mass is 290 g/mol. The Kier molecular flexibility index (Phi) is 2.67. The molecule has 0 amide bonds. The Hall–Kier alpha value is -1.06. The Morgan fingerprint density at radius 3 is 2.65 bits per heavy atom. The number of halogens is 1. The molecule has 3 nitrogen and oxygen atoms in total. The SMILES string of the molecule is OC1(c2cc(Cl)cc3cn[nH]c23)CC2(CCCCC2)C1. The largest absolute Gasteiger partial charge is 0.385 e.